The van der Waals surface area contributed by atoms with Crippen LogP contribution in [0.1, 0.15) is 31.9 Å². The van der Waals surface area contributed by atoms with Gasteiger partial charge in [-0.3, -0.25) is 4.79 Å². The smallest absolute Gasteiger partial charge is 0.225 e. The van der Waals surface area contributed by atoms with Crippen LogP contribution in [0.15, 0.2) is 30.3 Å². The molecule has 0 spiro atoms. The van der Waals surface area contributed by atoms with Crippen LogP contribution >= 0.6 is 0 Å². The van der Waals surface area contributed by atoms with Crippen molar-refractivity contribution in [3.8, 4) is 0 Å². The molecule has 1 amide bonds. The van der Waals surface area contributed by atoms with E-state index in [1.807, 2.05) is 44.2 Å². The lowest BCUT2D eigenvalue weighted by molar-refractivity contribution is -0.126. The molecule has 2 N–H and O–H groups in total. The number of ether oxygens (including phenoxy) is 1. The fraction of sp³-hybridized carbons (Fsp3) is 0.533. The Balaban J connectivity index is 2.43. The highest BCUT2D eigenvalue weighted by Crippen LogP contribution is 2.17. The molecule has 1 aromatic carbocycles. The normalized spacial score (nSPS) is 15.6. The molecule has 0 saturated carbocycles. The molecule has 1 rings (SSSR count). The number of rotatable bonds is 7. The molecule has 3 atom stereocenters. The number of carbonyl (C=O) groups excluding carboxylic acids is 1. The van der Waals surface area contributed by atoms with Gasteiger partial charge in [-0.15, -0.1) is 0 Å². The summed E-state index contributed by atoms with van der Waals surface area (Å²) in [5.74, 6) is -0.226. The van der Waals surface area contributed by atoms with Gasteiger partial charge in [-0.25, -0.2) is 0 Å². The highest BCUT2D eigenvalue weighted by molar-refractivity contribution is 5.78. The van der Waals surface area contributed by atoms with Gasteiger partial charge in [-0.1, -0.05) is 37.3 Å². The summed E-state index contributed by atoms with van der Waals surface area (Å²) in [7, 11) is 1.58. The van der Waals surface area contributed by atoms with Crippen LogP contribution in [0.3, 0.4) is 0 Å². The van der Waals surface area contributed by atoms with Gasteiger partial charge in [0.1, 0.15) is 0 Å². The second kappa shape index (κ2) is 7.92. The van der Waals surface area contributed by atoms with Crippen LogP contribution in [-0.4, -0.2) is 30.8 Å². The van der Waals surface area contributed by atoms with Crippen LogP contribution in [0.2, 0.25) is 0 Å². The molecule has 3 unspecified atom stereocenters. The van der Waals surface area contributed by atoms with E-state index in [1.54, 1.807) is 7.11 Å². The van der Waals surface area contributed by atoms with E-state index < -0.39 is 6.10 Å². The zero-order valence-corrected chi connectivity index (χ0v) is 11.8. The van der Waals surface area contributed by atoms with Crippen molar-refractivity contribution < 1.29 is 14.6 Å². The average molecular weight is 265 g/mol. The molecular weight excluding hydrogens is 242 g/mol. The summed E-state index contributed by atoms with van der Waals surface area (Å²) in [4.78, 5) is 11.8. The Kier molecular flexibility index (Phi) is 6.53. The Morgan fingerprint density at radius 1 is 1.32 bits per heavy atom. The third kappa shape index (κ3) is 5.41. The van der Waals surface area contributed by atoms with Crippen molar-refractivity contribution in [1.29, 1.82) is 0 Å². The molecular formula is C15H23NO3. The minimum atomic E-state index is -0.561. The molecule has 0 aliphatic heterocycles. The number of hydrogen-bond acceptors (Lipinski definition) is 3. The first-order chi connectivity index (χ1) is 9.04. The Bertz CT molecular complexity index is 380. The SMILES string of the molecule is COCC(C)C(=O)NC(C)CC(O)c1ccccc1. The lowest BCUT2D eigenvalue weighted by Gasteiger charge is -2.20. The lowest BCUT2D eigenvalue weighted by atomic mass is 10.0. The summed E-state index contributed by atoms with van der Waals surface area (Å²) < 4.78 is 4.95. The molecule has 0 aliphatic rings. The van der Waals surface area contributed by atoms with Gasteiger partial charge in [0.25, 0.3) is 0 Å². The van der Waals surface area contributed by atoms with Crippen molar-refractivity contribution in [3.05, 3.63) is 35.9 Å². The molecule has 0 saturated heterocycles. The van der Waals surface area contributed by atoms with E-state index in [-0.39, 0.29) is 17.9 Å². The second-order valence-electron chi connectivity index (χ2n) is 4.93. The summed E-state index contributed by atoms with van der Waals surface area (Å²) in [6.07, 6.45) is -0.0654. The molecule has 106 valence electrons. The van der Waals surface area contributed by atoms with E-state index in [0.717, 1.165) is 5.56 Å². The minimum Gasteiger partial charge on any atom is -0.388 e. The quantitative estimate of drug-likeness (QED) is 0.791. The molecule has 0 aromatic heterocycles. The highest BCUT2D eigenvalue weighted by Gasteiger charge is 2.17. The number of benzene rings is 1. The van der Waals surface area contributed by atoms with E-state index >= 15 is 0 Å². The fourth-order valence-electron chi connectivity index (χ4n) is 1.92. The Hall–Kier alpha value is -1.39. The third-order valence-corrected chi connectivity index (χ3v) is 3.01. The number of carbonyl (C=O) groups is 1. The zero-order chi connectivity index (χ0) is 14.3. The number of amides is 1. The highest BCUT2D eigenvalue weighted by atomic mass is 16.5. The van der Waals surface area contributed by atoms with E-state index in [2.05, 4.69) is 5.32 Å². The van der Waals surface area contributed by atoms with E-state index in [1.165, 1.54) is 0 Å². The number of methoxy groups -OCH3 is 1. The van der Waals surface area contributed by atoms with Crippen LogP contribution in [0.5, 0.6) is 0 Å². The van der Waals surface area contributed by atoms with Crippen molar-refractivity contribution in [2.24, 2.45) is 5.92 Å². The molecule has 0 aliphatic carbocycles. The molecule has 1 aromatic rings. The predicted octanol–water partition coefficient (Wildman–Crippen LogP) is 1.90. The zero-order valence-electron chi connectivity index (χ0n) is 11.8. The summed E-state index contributed by atoms with van der Waals surface area (Å²) in [5.41, 5.74) is 0.869. The van der Waals surface area contributed by atoms with Gasteiger partial charge in [0.05, 0.1) is 18.6 Å². The van der Waals surface area contributed by atoms with E-state index in [4.69, 9.17) is 4.74 Å². The van der Waals surface area contributed by atoms with Gasteiger partial charge in [-0.05, 0) is 18.9 Å². The topological polar surface area (TPSA) is 58.6 Å². The third-order valence-electron chi connectivity index (χ3n) is 3.01. The number of aliphatic hydroxyl groups is 1. The maximum Gasteiger partial charge on any atom is 0.225 e. The van der Waals surface area contributed by atoms with Crippen molar-refractivity contribution in [3.63, 3.8) is 0 Å². The Morgan fingerprint density at radius 2 is 1.95 bits per heavy atom. The maximum absolute atomic E-state index is 11.8. The van der Waals surface area contributed by atoms with Crippen molar-refractivity contribution in [2.75, 3.05) is 13.7 Å². The summed E-state index contributed by atoms with van der Waals surface area (Å²) in [6, 6.07) is 9.38. The summed E-state index contributed by atoms with van der Waals surface area (Å²) in [5, 5.41) is 13.0. The largest absolute Gasteiger partial charge is 0.388 e. The summed E-state index contributed by atoms with van der Waals surface area (Å²) >= 11 is 0. The van der Waals surface area contributed by atoms with E-state index in [9.17, 15) is 9.90 Å². The van der Waals surface area contributed by atoms with Crippen molar-refractivity contribution in [2.45, 2.75) is 32.4 Å². The Labute approximate surface area is 114 Å². The number of aliphatic hydroxyl groups excluding tert-OH is 1. The number of nitrogens with one attached hydrogen (secondary N) is 1. The maximum atomic E-state index is 11.8. The van der Waals surface area contributed by atoms with Crippen LogP contribution < -0.4 is 5.32 Å². The van der Waals surface area contributed by atoms with Gasteiger partial charge >= 0.3 is 0 Å². The van der Waals surface area contributed by atoms with Crippen molar-refractivity contribution >= 4 is 5.91 Å². The molecule has 0 radical (unpaired) electrons. The fourth-order valence-corrected chi connectivity index (χ4v) is 1.92. The first kappa shape index (κ1) is 15.7. The Morgan fingerprint density at radius 3 is 2.53 bits per heavy atom. The molecule has 0 heterocycles. The first-order valence-corrected chi connectivity index (χ1v) is 6.57. The van der Waals surface area contributed by atoms with Crippen molar-refractivity contribution in [1.82, 2.24) is 5.32 Å². The average Bonchev–Trinajstić information content (AvgIpc) is 2.39. The van der Waals surface area contributed by atoms with Gasteiger partial charge in [0, 0.05) is 13.2 Å². The first-order valence-electron chi connectivity index (χ1n) is 6.57. The van der Waals surface area contributed by atoms with Crippen LogP contribution in [0, 0.1) is 5.92 Å². The molecule has 4 heteroatoms. The molecule has 0 bridgehead atoms. The minimum absolute atomic E-state index is 0.0467. The van der Waals surface area contributed by atoms with Crippen LogP contribution in [0.4, 0.5) is 0 Å². The monoisotopic (exact) mass is 265 g/mol. The molecule has 19 heavy (non-hydrogen) atoms. The van der Waals surface area contributed by atoms with E-state index in [0.29, 0.717) is 13.0 Å². The van der Waals surface area contributed by atoms with Gasteiger partial charge in [-0.2, -0.15) is 0 Å². The molecule has 4 nitrogen and oxygen atoms in total. The number of hydrogen-bond donors (Lipinski definition) is 2. The second-order valence-corrected chi connectivity index (χ2v) is 4.93. The van der Waals surface area contributed by atoms with Gasteiger partial charge < -0.3 is 15.2 Å². The lowest BCUT2D eigenvalue weighted by Crippen LogP contribution is -2.38. The standard InChI is InChI=1S/C15H23NO3/c1-11(10-19-3)15(18)16-12(2)9-14(17)13-7-5-4-6-8-13/h4-8,11-12,14,17H,9-10H2,1-3H3,(H,16,18). The van der Waals surface area contributed by atoms with Crippen LogP contribution in [-0.2, 0) is 9.53 Å². The van der Waals surface area contributed by atoms with Crippen LogP contribution in [0.25, 0.3) is 0 Å². The van der Waals surface area contributed by atoms with Gasteiger partial charge in [0.2, 0.25) is 5.91 Å². The summed E-state index contributed by atoms with van der Waals surface area (Å²) in [6.45, 7) is 4.11. The molecule has 0 fully saturated rings. The predicted molar refractivity (Wildman–Crippen MR) is 74.7 cm³/mol. The van der Waals surface area contributed by atoms with Gasteiger partial charge in [0.15, 0.2) is 0 Å².